The molecule has 0 saturated heterocycles. The van der Waals surface area contributed by atoms with Gasteiger partial charge in [0.15, 0.2) is 5.78 Å². The molecule has 6 heteroatoms. The molecule has 98 valence electrons. The van der Waals surface area contributed by atoms with Gasteiger partial charge in [-0.05, 0) is 17.7 Å². The van der Waals surface area contributed by atoms with E-state index in [1.54, 1.807) is 30.3 Å². The molecule has 19 heavy (non-hydrogen) atoms. The molecule has 0 aliphatic rings. The topological polar surface area (TPSA) is 52.1 Å². The standard InChI is InChI=1S/C13H10Cl2N2O2/c1-19-12-6-5-10(16-17-12)11(18)7-8-3-2-4-9(14)13(8)15/h2-6H,7H2,1H3. The largest absolute Gasteiger partial charge is 0.480 e. The van der Waals surface area contributed by atoms with Crippen molar-refractivity contribution in [2.24, 2.45) is 0 Å². The zero-order chi connectivity index (χ0) is 13.8. The Morgan fingerprint density at radius 2 is 2.00 bits per heavy atom. The van der Waals surface area contributed by atoms with E-state index in [1.807, 2.05) is 0 Å². The number of methoxy groups -OCH3 is 1. The summed E-state index contributed by atoms with van der Waals surface area (Å²) in [6, 6.07) is 8.32. The van der Waals surface area contributed by atoms with E-state index in [4.69, 9.17) is 27.9 Å². The molecule has 0 saturated carbocycles. The van der Waals surface area contributed by atoms with E-state index < -0.39 is 0 Å². The highest BCUT2D eigenvalue weighted by Gasteiger charge is 2.13. The van der Waals surface area contributed by atoms with Gasteiger partial charge in [0.1, 0.15) is 5.69 Å². The van der Waals surface area contributed by atoms with Crippen molar-refractivity contribution in [3.63, 3.8) is 0 Å². The number of hydrogen-bond donors (Lipinski definition) is 0. The van der Waals surface area contributed by atoms with Crippen LogP contribution in [0.4, 0.5) is 0 Å². The van der Waals surface area contributed by atoms with E-state index in [2.05, 4.69) is 10.2 Å². The van der Waals surface area contributed by atoms with Crippen LogP contribution in [0.1, 0.15) is 16.1 Å². The summed E-state index contributed by atoms with van der Waals surface area (Å²) < 4.78 is 4.88. The van der Waals surface area contributed by atoms with Crippen LogP contribution in [-0.2, 0) is 6.42 Å². The first-order valence-corrected chi connectivity index (χ1v) is 6.21. The second-order valence-electron chi connectivity index (χ2n) is 3.77. The normalized spacial score (nSPS) is 10.3. The minimum absolute atomic E-state index is 0.125. The number of carbonyl (C=O) groups excluding carboxylic acids is 1. The molecular formula is C13H10Cl2N2O2. The number of nitrogens with zero attached hydrogens (tertiary/aromatic N) is 2. The van der Waals surface area contributed by atoms with Crippen molar-refractivity contribution in [3.8, 4) is 5.88 Å². The maximum atomic E-state index is 12.0. The van der Waals surface area contributed by atoms with Crippen LogP contribution in [0.2, 0.25) is 10.0 Å². The molecule has 1 aromatic carbocycles. The second-order valence-corrected chi connectivity index (χ2v) is 4.56. The van der Waals surface area contributed by atoms with Crippen LogP contribution < -0.4 is 4.74 Å². The van der Waals surface area contributed by atoms with Crippen LogP contribution in [0.5, 0.6) is 5.88 Å². The average molecular weight is 297 g/mol. The smallest absolute Gasteiger partial charge is 0.233 e. The molecule has 2 aromatic rings. The molecule has 0 amide bonds. The minimum atomic E-state index is -0.181. The van der Waals surface area contributed by atoms with Gasteiger partial charge in [-0.2, -0.15) is 0 Å². The van der Waals surface area contributed by atoms with Gasteiger partial charge in [-0.25, -0.2) is 0 Å². The third kappa shape index (κ3) is 3.22. The molecule has 0 fully saturated rings. The predicted molar refractivity (Wildman–Crippen MR) is 73.1 cm³/mol. The zero-order valence-electron chi connectivity index (χ0n) is 10.1. The highest BCUT2D eigenvalue weighted by atomic mass is 35.5. The van der Waals surface area contributed by atoms with Crippen molar-refractivity contribution in [2.75, 3.05) is 7.11 Å². The van der Waals surface area contributed by atoms with Crippen LogP contribution >= 0.6 is 23.2 Å². The van der Waals surface area contributed by atoms with Crippen molar-refractivity contribution in [1.82, 2.24) is 10.2 Å². The quantitative estimate of drug-likeness (QED) is 0.813. The summed E-state index contributed by atoms with van der Waals surface area (Å²) in [5, 5.41) is 8.36. The summed E-state index contributed by atoms with van der Waals surface area (Å²) in [7, 11) is 1.48. The Bertz CT molecular complexity index is 600. The number of benzene rings is 1. The maximum Gasteiger partial charge on any atom is 0.233 e. The van der Waals surface area contributed by atoms with Gasteiger partial charge in [-0.1, -0.05) is 35.3 Å². The van der Waals surface area contributed by atoms with Gasteiger partial charge in [0.2, 0.25) is 5.88 Å². The van der Waals surface area contributed by atoms with Crippen molar-refractivity contribution >= 4 is 29.0 Å². The first kappa shape index (κ1) is 13.8. The van der Waals surface area contributed by atoms with Gasteiger partial charge in [-0.3, -0.25) is 4.79 Å². The molecule has 1 aromatic heterocycles. The molecule has 0 aliphatic heterocycles. The molecule has 0 atom stereocenters. The number of ketones is 1. The number of ether oxygens (including phenoxy) is 1. The van der Waals surface area contributed by atoms with Gasteiger partial charge in [0.25, 0.3) is 0 Å². The first-order valence-electron chi connectivity index (χ1n) is 5.45. The molecule has 2 rings (SSSR count). The Labute approximate surface area is 120 Å². The highest BCUT2D eigenvalue weighted by molar-refractivity contribution is 6.42. The fraction of sp³-hybridized carbons (Fsp3) is 0.154. The Morgan fingerprint density at radius 3 is 2.63 bits per heavy atom. The van der Waals surface area contributed by atoms with Crippen LogP contribution in [0.15, 0.2) is 30.3 Å². The van der Waals surface area contributed by atoms with Crippen molar-refractivity contribution in [1.29, 1.82) is 0 Å². The third-order valence-corrected chi connectivity index (χ3v) is 3.38. The fourth-order valence-electron chi connectivity index (χ4n) is 1.53. The number of aromatic nitrogens is 2. The first-order chi connectivity index (χ1) is 9.11. The Kier molecular flexibility index (Phi) is 4.35. The minimum Gasteiger partial charge on any atom is -0.480 e. The lowest BCUT2D eigenvalue weighted by Gasteiger charge is -2.05. The molecule has 4 nitrogen and oxygen atoms in total. The van der Waals surface area contributed by atoms with Gasteiger partial charge in [-0.15, -0.1) is 10.2 Å². The van der Waals surface area contributed by atoms with E-state index in [1.165, 1.54) is 7.11 Å². The van der Waals surface area contributed by atoms with E-state index in [-0.39, 0.29) is 17.9 Å². The zero-order valence-corrected chi connectivity index (χ0v) is 11.6. The third-order valence-electron chi connectivity index (χ3n) is 2.52. The maximum absolute atomic E-state index is 12.0. The monoisotopic (exact) mass is 296 g/mol. The van der Waals surface area contributed by atoms with E-state index in [0.29, 0.717) is 21.5 Å². The van der Waals surface area contributed by atoms with Gasteiger partial charge >= 0.3 is 0 Å². The molecule has 1 heterocycles. The Hall–Kier alpha value is -1.65. The molecule has 0 aliphatic carbocycles. The SMILES string of the molecule is COc1ccc(C(=O)Cc2cccc(Cl)c2Cl)nn1. The van der Waals surface area contributed by atoms with Crippen LogP contribution in [-0.4, -0.2) is 23.1 Å². The fourth-order valence-corrected chi connectivity index (χ4v) is 1.91. The van der Waals surface area contributed by atoms with Crippen LogP contribution in [0.3, 0.4) is 0 Å². The molecule has 0 bridgehead atoms. The lowest BCUT2D eigenvalue weighted by molar-refractivity contribution is 0.0987. The summed E-state index contributed by atoms with van der Waals surface area (Å²) >= 11 is 11.9. The summed E-state index contributed by atoms with van der Waals surface area (Å²) in [4.78, 5) is 12.0. The average Bonchev–Trinajstić information content (AvgIpc) is 2.44. The van der Waals surface area contributed by atoms with Gasteiger partial charge in [0, 0.05) is 12.5 Å². The van der Waals surface area contributed by atoms with Crippen LogP contribution in [0.25, 0.3) is 0 Å². The second kappa shape index (κ2) is 5.99. The molecular weight excluding hydrogens is 287 g/mol. The molecule has 0 N–H and O–H groups in total. The lowest BCUT2D eigenvalue weighted by Crippen LogP contribution is -2.07. The Balaban J connectivity index is 2.18. The van der Waals surface area contributed by atoms with E-state index in [0.717, 1.165) is 0 Å². The molecule has 0 spiro atoms. The number of hydrogen-bond acceptors (Lipinski definition) is 4. The highest BCUT2D eigenvalue weighted by Crippen LogP contribution is 2.26. The van der Waals surface area contributed by atoms with E-state index in [9.17, 15) is 4.79 Å². The number of halogens is 2. The van der Waals surface area contributed by atoms with Gasteiger partial charge < -0.3 is 4.74 Å². The molecule has 0 radical (unpaired) electrons. The van der Waals surface area contributed by atoms with Crippen LogP contribution in [0, 0.1) is 0 Å². The number of rotatable bonds is 4. The number of Topliss-reactive ketones (excluding diaryl/α,β-unsaturated/α-hetero) is 1. The van der Waals surface area contributed by atoms with Crippen molar-refractivity contribution < 1.29 is 9.53 Å². The van der Waals surface area contributed by atoms with Gasteiger partial charge in [0.05, 0.1) is 17.2 Å². The summed E-state index contributed by atoms with van der Waals surface area (Å²) in [6.07, 6.45) is 0.125. The summed E-state index contributed by atoms with van der Waals surface area (Å²) in [5.74, 6) is 0.177. The predicted octanol–water partition coefficient (Wildman–Crippen LogP) is 3.22. The lowest BCUT2D eigenvalue weighted by atomic mass is 10.1. The van der Waals surface area contributed by atoms with Crippen molar-refractivity contribution in [2.45, 2.75) is 6.42 Å². The summed E-state index contributed by atoms with van der Waals surface area (Å²) in [5.41, 5.74) is 0.925. The molecule has 0 unspecified atom stereocenters. The van der Waals surface area contributed by atoms with Crippen molar-refractivity contribution in [3.05, 3.63) is 51.6 Å². The summed E-state index contributed by atoms with van der Waals surface area (Å²) in [6.45, 7) is 0. The van der Waals surface area contributed by atoms with E-state index >= 15 is 0 Å². The Morgan fingerprint density at radius 1 is 1.21 bits per heavy atom. The number of carbonyl (C=O) groups is 1.